The van der Waals surface area contributed by atoms with Gasteiger partial charge in [-0.25, -0.2) is 9.97 Å². The van der Waals surface area contributed by atoms with Crippen LogP contribution in [-0.2, 0) is 19.0 Å². The summed E-state index contributed by atoms with van der Waals surface area (Å²) in [6, 6.07) is 12.4. The van der Waals surface area contributed by atoms with Gasteiger partial charge < -0.3 is 10.6 Å². The molecule has 2 heterocycles. The third-order valence-electron chi connectivity index (χ3n) is 7.31. The van der Waals surface area contributed by atoms with E-state index in [1.54, 1.807) is 35.2 Å². The number of anilines is 3. The molecule has 2 N–H and O–H groups in total. The summed E-state index contributed by atoms with van der Waals surface area (Å²) in [7, 11) is 0. The van der Waals surface area contributed by atoms with Crippen LogP contribution in [-0.4, -0.2) is 60.0 Å². The van der Waals surface area contributed by atoms with E-state index < -0.39 is 11.7 Å². The number of carbonyl (C=O) groups is 1. The number of nitrogens with two attached hydrogens (primary N) is 1. The highest BCUT2D eigenvalue weighted by Gasteiger charge is 2.31. The molecule has 1 aliphatic carbocycles. The number of aryl methyl sites for hydroxylation is 1. The molecule has 1 aliphatic heterocycles. The number of hydrogen-bond donors (Lipinski definition) is 1. The molecule has 1 fully saturated rings. The zero-order valence-electron chi connectivity index (χ0n) is 21.1. The first-order valence-electron chi connectivity index (χ1n) is 12.9. The highest BCUT2D eigenvalue weighted by molar-refractivity contribution is 6.06. The lowest BCUT2D eigenvalue weighted by Gasteiger charge is -2.37. The number of rotatable bonds is 6. The Morgan fingerprint density at radius 2 is 1.71 bits per heavy atom. The third-order valence-corrected chi connectivity index (χ3v) is 7.31. The summed E-state index contributed by atoms with van der Waals surface area (Å²) >= 11 is 0. The number of hydrogen-bond acceptors (Lipinski definition) is 6. The fourth-order valence-electron chi connectivity index (χ4n) is 5.17. The summed E-state index contributed by atoms with van der Waals surface area (Å²) in [5.41, 5.74) is 8.94. The van der Waals surface area contributed by atoms with Gasteiger partial charge in [0.2, 0.25) is 0 Å². The summed E-state index contributed by atoms with van der Waals surface area (Å²) < 4.78 is 39.5. The Kier molecular flexibility index (Phi) is 7.51. The minimum absolute atomic E-state index is 0.140. The summed E-state index contributed by atoms with van der Waals surface area (Å²) in [6.07, 6.45) is 1.01. The van der Waals surface area contributed by atoms with Gasteiger partial charge in [0.05, 0.1) is 5.56 Å². The normalized spacial score (nSPS) is 16.2. The second kappa shape index (κ2) is 11.0. The molecule has 7 nitrogen and oxygen atoms in total. The smallest absolute Gasteiger partial charge is 0.399 e. The van der Waals surface area contributed by atoms with Crippen molar-refractivity contribution < 1.29 is 18.0 Å². The largest absolute Gasteiger partial charge is 0.416 e. The van der Waals surface area contributed by atoms with Gasteiger partial charge in [-0.05, 0) is 68.1 Å². The summed E-state index contributed by atoms with van der Waals surface area (Å²) in [5, 5.41) is 0. The number of amides is 1. The van der Waals surface area contributed by atoms with Gasteiger partial charge >= 0.3 is 6.18 Å². The first kappa shape index (κ1) is 26.0. The van der Waals surface area contributed by atoms with Crippen molar-refractivity contribution in [3.8, 4) is 0 Å². The van der Waals surface area contributed by atoms with E-state index in [-0.39, 0.29) is 5.91 Å². The first-order chi connectivity index (χ1) is 18.3. The molecule has 0 spiro atoms. The van der Waals surface area contributed by atoms with Gasteiger partial charge in [0.1, 0.15) is 12.1 Å². The van der Waals surface area contributed by atoms with Crippen molar-refractivity contribution in [2.24, 2.45) is 0 Å². The molecule has 1 aromatic heterocycles. The minimum atomic E-state index is -4.36. The monoisotopic (exact) mass is 524 g/mol. The van der Waals surface area contributed by atoms with E-state index in [4.69, 9.17) is 5.73 Å². The summed E-state index contributed by atoms with van der Waals surface area (Å²) in [6.45, 7) is 3.64. The van der Waals surface area contributed by atoms with E-state index in [1.165, 1.54) is 18.5 Å². The van der Waals surface area contributed by atoms with Crippen molar-refractivity contribution in [3.63, 3.8) is 0 Å². The quantitative estimate of drug-likeness (QED) is 0.481. The third kappa shape index (κ3) is 5.75. The van der Waals surface area contributed by atoms with Crippen LogP contribution in [0.25, 0.3) is 0 Å². The molecule has 3 aromatic rings. The van der Waals surface area contributed by atoms with Crippen molar-refractivity contribution in [1.82, 2.24) is 14.9 Å². The number of carbonyl (C=O) groups excluding carboxylic acids is 1. The maximum Gasteiger partial charge on any atom is 0.416 e. The number of benzene rings is 2. The Morgan fingerprint density at radius 1 is 0.974 bits per heavy atom. The van der Waals surface area contributed by atoms with E-state index in [1.807, 2.05) is 4.90 Å². The lowest BCUT2D eigenvalue weighted by molar-refractivity contribution is -0.137. The van der Waals surface area contributed by atoms with E-state index in [2.05, 4.69) is 14.9 Å². The first-order valence-corrected chi connectivity index (χ1v) is 12.9. The predicted molar refractivity (Wildman–Crippen MR) is 141 cm³/mol. The SMILES string of the molecule is Nc1ccc(C(=O)N(CCN2CCN(c3cccc(C(F)(F)F)c3)CC2)c2ncnc3c2CCCC3)cc1. The lowest BCUT2D eigenvalue weighted by Crippen LogP contribution is -2.49. The van der Waals surface area contributed by atoms with Gasteiger partial charge in [-0.2, -0.15) is 13.2 Å². The Labute approximate surface area is 220 Å². The fraction of sp³-hybridized carbons (Fsp3) is 0.393. The van der Waals surface area contributed by atoms with Crippen LogP contribution in [0, 0.1) is 0 Å². The predicted octanol–water partition coefficient (Wildman–Crippen LogP) is 4.43. The van der Waals surface area contributed by atoms with Crippen LogP contribution in [0.3, 0.4) is 0 Å². The zero-order valence-corrected chi connectivity index (χ0v) is 21.1. The molecule has 2 aromatic carbocycles. The zero-order chi connectivity index (χ0) is 26.7. The van der Waals surface area contributed by atoms with Crippen LogP contribution in [0.15, 0.2) is 54.9 Å². The molecule has 2 aliphatic rings. The molecule has 0 unspecified atom stereocenters. The number of fused-ring (bicyclic) bond motifs is 1. The highest BCUT2D eigenvalue weighted by Crippen LogP contribution is 2.32. The number of alkyl halides is 3. The molecule has 10 heteroatoms. The molecule has 0 radical (unpaired) electrons. The minimum Gasteiger partial charge on any atom is -0.399 e. The molecule has 0 saturated carbocycles. The molecule has 5 rings (SSSR count). The molecule has 1 amide bonds. The van der Waals surface area contributed by atoms with Crippen molar-refractivity contribution in [1.29, 1.82) is 0 Å². The molecule has 0 atom stereocenters. The molecule has 0 bridgehead atoms. The lowest BCUT2D eigenvalue weighted by atomic mass is 9.96. The van der Waals surface area contributed by atoms with Crippen molar-refractivity contribution in [3.05, 3.63) is 77.2 Å². The van der Waals surface area contributed by atoms with Gasteiger partial charge in [0.15, 0.2) is 0 Å². The van der Waals surface area contributed by atoms with Crippen molar-refractivity contribution in [2.75, 3.05) is 54.8 Å². The second-order valence-corrected chi connectivity index (χ2v) is 9.79. The van der Waals surface area contributed by atoms with Gasteiger partial charge in [0.25, 0.3) is 5.91 Å². The van der Waals surface area contributed by atoms with Crippen LogP contribution < -0.4 is 15.5 Å². The van der Waals surface area contributed by atoms with Gasteiger partial charge in [-0.15, -0.1) is 0 Å². The standard InChI is InChI=1S/C28H31F3N6O/c29-28(30,31)21-4-3-5-23(18-21)36-15-12-35(13-16-36)14-17-37(27(38)20-8-10-22(32)11-9-20)26-24-6-1-2-7-25(24)33-19-34-26/h3-5,8-11,18-19H,1-2,6-7,12-17,32H2. The van der Waals surface area contributed by atoms with E-state index >= 15 is 0 Å². The Morgan fingerprint density at radius 3 is 2.45 bits per heavy atom. The number of nitrogens with zero attached hydrogens (tertiary/aromatic N) is 5. The van der Waals surface area contributed by atoms with Crippen molar-refractivity contribution in [2.45, 2.75) is 31.9 Å². The fourth-order valence-corrected chi connectivity index (χ4v) is 5.17. The Bertz CT molecular complexity index is 1270. The van der Waals surface area contributed by atoms with Crippen LogP contribution in [0.5, 0.6) is 0 Å². The Balaban J connectivity index is 1.30. The van der Waals surface area contributed by atoms with Crippen LogP contribution >= 0.6 is 0 Å². The van der Waals surface area contributed by atoms with E-state index in [9.17, 15) is 18.0 Å². The molecule has 38 heavy (non-hydrogen) atoms. The Hall–Kier alpha value is -3.66. The number of nitrogen functional groups attached to an aromatic ring is 1. The van der Waals surface area contributed by atoms with Crippen molar-refractivity contribution >= 4 is 23.1 Å². The number of aromatic nitrogens is 2. The average molecular weight is 525 g/mol. The van der Waals surface area contributed by atoms with Gasteiger partial charge in [-0.1, -0.05) is 6.07 Å². The second-order valence-electron chi connectivity index (χ2n) is 9.79. The van der Waals surface area contributed by atoms with Gasteiger partial charge in [-0.3, -0.25) is 14.6 Å². The van der Waals surface area contributed by atoms with Crippen LogP contribution in [0.4, 0.5) is 30.4 Å². The van der Waals surface area contributed by atoms with Crippen LogP contribution in [0.1, 0.15) is 40.0 Å². The van der Waals surface area contributed by atoms with E-state index in [0.717, 1.165) is 43.0 Å². The molecular weight excluding hydrogens is 493 g/mol. The summed E-state index contributed by atoms with van der Waals surface area (Å²) in [5.74, 6) is 0.526. The highest BCUT2D eigenvalue weighted by atomic mass is 19.4. The summed E-state index contributed by atoms with van der Waals surface area (Å²) in [4.78, 5) is 28.6. The molecule has 1 saturated heterocycles. The van der Waals surface area contributed by atoms with E-state index in [0.29, 0.717) is 62.0 Å². The maximum atomic E-state index is 13.7. The molecule has 200 valence electrons. The molecular formula is C28H31F3N6O. The maximum absolute atomic E-state index is 13.7. The topological polar surface area (TPSA) is 78.6 Å². The van der Waals surface area contributed by atoms with Gasteiger partial charge in [0, 0.05) is 67.5 Å². The van der Waals surface area contributed by atoms with Crippen LogP contribution in [0.2, 0.25) is 0 Å². The number of halogens is 3. The average Bonchev–Trinajstić information content (AvgIpc) is 2.93. The number of piperazine rings is 1.